The number of nitrogens with zero attached hydrogens (tertiary/aromatic N) is 3. The van der Waals surface area contributed by atoms with E-state index < -0.39 is 0 Å². The molecule has 3 rings (SSSR count). The summed E-state index contributed by atoms with van der Waals surface area (Å²) >= 11 is 1.78. The number of guanidine groups is 1. The molecule has 148 valence electrons. The van der Waals surface area contributed by atoms with E-state index in [1.807, 2.05) is 0 Å². The summed E-state index contributed by atoms with van der Waals surface area (Å²) in [6, 6.07) is 0.579. The van der Waals surface area contributed by atoms with Crippen molar-refractivity contribution >= 4 is 46.4 Å². The Kier molecular flexibility index (Phi) is 9.45. The molecule has 0 aromatic carbocycles. The van der Waals surface area contributed by atoms with Gasteiger partial charge >= 0.3 is 0 Å². The van der Waals surface area contributed by atoms with Gasteiger partial charge in [-0.1, -0.05) is 6.92 Å². The molecule has 0 amide bonds. The monoisotopic (exact) mass is 491 g/mol. The fourth-order valence-electron chi connectivity index (χ4n) is 3.66. The van der Waals surface area contributed by atoms with Crippen molar-refractivity contribution < 1.29 is 0 Å². The minimum absolute atomic E-state index is 0. The SMILES string of the molecule is CCNC(=NCCc1csc(N2CCCC2)n1)NC1CCC(C)CC1.I. The van der Waals surface area contributed by atoms with E-state index in [0.29, 0.717) is 6.04 Å². The van der Waals surface area contributed by atoms with Crippen LogP contribution in [-0.2, 0) is 6.42 Å². The zero-order chi connectivity index (χ0) is 17.5. The lowest BCUT2D eigenvalue weighted by atomic mass is 9.87. The van der Waals surface area contributed by atoms with E-state index >= 15 is 0 Å². The van der Waals surface area contributed by atoms with Crippen molar-refractivity contribution in [2.24, 2.45) is 10.9 Å². The van der Waals surface area contributed by atoms with Gasteiger partial charge in [-0.05, 0) is 51.4 Å². The third-order valence-corrected chi connectivity index (χ3v) is 6.21. The predicted molar refractivity (Wildman–Crippen MR) is 123 cm³/mol. The minimum Gasteiger partial charge on any atom is -0.357 e. The van der Waals surface area contributed by atoms with E-state index in [2.05, 4.69) is 34.8 Å². The number of nitrogens with one attached hydrogen (secondary N) is 2. The lowest BCUT2D eigenvalue weighted by Gasteiger charge is -2.28. The molecule has 7 heteroatoms. The Morgan fingerprint density at radius 2 is 2.00 bits per heavy atom. The van der Waals surface area contributed by atoms with Crippen molar-refractivity contribution in [1.82, 2.24) is 15.6 Å². The molecular formula is C19H34IN5S. The molecule has 1 aliphatic heterocycles. The van der Waals surface area contributed by atoms with E-state index in [-0.39, 0.29) is 24.0 Å². The summed E-state index contributed by atoms with van der Waals surface area (Å²) in [5.41, 5.74) is 1.18. The number of aliphatic imine (C=N–C) groups is 1. The van der Waals surface area contributed by atoms with Crippen molar-refractivity contribution in [3.05, 3.63) is 11.1 Å². The Hall–Kier alpha value is -0.570. The first kappa shape index (κ1) is 21.7. The van der Waals surface area contributed by atoms with E-state index in [1.165, 1.54) is 62.4 Å². The third kappa shape index (κ3) is 6.55. The largest absolute Gasteiger partial charge is 0.357 e. The van der Waals surface area contributed by atoms with Gasteiger partial charge in [-0.15, -0.1) is 35.3 Å². The maximum absolute atomic E-state index is 4.79. The molecular weight excluding hydrogens is 457 g/mol. The number of rotatable bonds is 6. The number of thiazole rings is 1. The van der Waals surface area contributed by atoms with Gasteiger partial charge in [-0.25, -0.2) is 4.98 Å². The molecule has 1 aromatic rings. The van der Waals surface area contributed by atoms with Gasteiger partial charge in [0.2, 0.25) is 0 Å². The molecule has 1 aliphatic carbocycles. The minimum atomic E-state index is 0. The molecule has 2 heterocycles. The van der Waals surface area contributed by atoms with Crippen LogP contribution in [0.1, 0.15) is 58.1 Å². The van der Waals surface area contributed by atoms with Crippen molar-refractivity contribution in [1.29, 1.82) is 0 Å². The summed E-state index contributed by atoms with van der Waals surface area (Å²) in [6.07, 6.45) is 8.70. The van der Waals surface area contributed by atoms with Gasteiger partial charge in [0.05, 0.1) is 5.69 Å². The highest BCUT2D eigenvalue weighted by atomic mass is 127. The predicted octanol–water partition coefficient (Wildman–Crippen LogP) is 4.04. The summed E-state index contributed by atoms with van der Waals surface area (Å²) in [4.78, 5) is 12.0. The second kappa shape index (κ2) is 11.3. The molecule has 0 unspecified atom stereocenters. The Labute approximate surface area is 179 Å². The number of hydrogen-bond donors (Lipinski definition) is 2. The standard InChI is InChI=1S/C19H33N5S.HI/c1-3-20-18(22-16-8-6-15(2)7-9-16)21-11-10-17-14-25-19(23-17)24-12-4-5-13-24;/h14-16H,3-13H2,1-2H3,(H2,20,21,22);1H. The maximum Gasteiger partial charge on any atom is 0.191 e. The second-order valence-electron chi connectivity index (χ2n) is 7.43. The molecule has 1 saturated heterocycles. The van der Waals surface area contributed by atoms with Crippen LogP contribution in [0.3, 0.4) is 0 Å². The molecule has 0 radical (unpaired) electrons. The summed E-state index contributed by atoms with van der Waals surface area (Å²) in [6.45, 7) is 8.52. The highest BCUT2D eigenvalue weighted by Gasteiger charge is 2.19. The van der Waals surface area contributed by atoms with Crippen molar-refractivity contribution in [2.45, 2.75) is 64.8 Å². The number of hydrogen-bond acceptors (Lipinski definition) is 4. The highest BCUT2D eigenvalue weighted by molar-refractivity contribution is 14.0. The van der Waals surface area contributed by atoms with Gasteiger partial charge in [0.25, 0.3) is 0 Å². The second-order valence-corrected chi connectivity index (χ2v) is 8.26. The topological polar surface area (TPSA) is 52.6 Å². The highest BCUT2D eigenvalue weighted by Crippen LogP contribution is 2.25. The molecule has 2 N–H and O–H groups in total. The van der Waals surface area contributed by atoms with Crippen LogP contribution in [-0.4, -0.2) is 43.2 Å². The molecule has 2 aliphatic rings. The molecule has 1 aromatic heterocycles. The van der Waals surface area contributed by atoms with Crippen molar-refractivity contribution in [3.8, 4) is 0 Å². The van der Waals surface area contributed by atoms with Gasteiger partial charge in [0.15, 0.2) is 11.1 Å². The maximum atomic E-state index is 4.79. The molecule has 5 nitrogen and oxygen atoms in total. The molecule has 1 saturated carbocycles. The van der Waals surface area contributed by atoms with Crippen LogP contribution >= 0.6 is 35.3 Å². The van der Waals surface area contributed by atoms with Crippen molar-refractivity contribution in [2.75, 3.05) is 31.1 Å². The summed E-state index contributed by atoms with van der Waals surface area (Å²) in [5, 5.41) is 10.4. The number of aromatic nitrogens is 1. The van der Waals surface area contributed by atoms with Gasteiger partial charge in [0.1, 0.15) is 0 Å². The van der Waals surface area contributed by atoms with Gasteiger partial charge in [-0.2, -0.15) is 0 Å². The van der Waals surface area contributed by atoms with Gasteiger partial charge < -0.3 is 15.5 Å². The summed E-state index contributed by atoms with van der Waals surface area (Å²) in [7, 11) is 0. The molecule has 0 spiro atoms. The van der Waals surface area contributed by atoms with E-state index in [4.69, 9.17) is 9.98 Å². The van der Waals surface area contributed by atoms with Crippen LogP contribution in [0.5, 0.6) is 0 Å². The molecule has 2 fully saturated rings. The Morgan fingerprint density at radius 1 is 1.27 bits per heavy atom. The Bertz CT molecular complexity index is 548. The quantitative estimate of drug-likeness (QED) is 0.359. The lowest BCUT2D eigenvalue weighted by Crippen LogP contribution is -2.44. The first-order valence-corrected chi connectivity index (χ1v) is 10.9. The number of anilines is 1. The zero-order valence-electron chi connectivity index (χ0n) is 16.2. The lowest BCUT2D eigenvalue weighted by molar-refractivity contribution is 0.329. The summed E-state index contributed by atoms with van der Waals surface area (Å²) in [5.74, 6) is 1.85. The normalized spacial score (nSPS) is 23.6. The fourth-order valence-corrected chi connectivity index (χ4v) is 4.58. The van der Waals surface area contributed by atoms with Crippen LogP contribution in [0.15, 0.2) is 10.4 Å². The molecule has 0 atom stereocenters. The first-order valence-electron chi connectivity index (χ1n) is 9.98. The zero-order valence-corrected chi connectivity index (χ0v) is 19.3. The van der Waals surface area contributed by atoms with Crippen LogP contribution in [0.2, 0.25) is 0 Å². The Balaban J connectivity index is 0.00000243. The van der Waals surface area contributed by atoms with Crippen molar-refractivity contribution in [3.63, 3.8) is 0 Å². The van der Waals surface area contributed by atoms with Gasteiger partial charge in [0, 0.05) is 44.0 Å². The smallest absolute Gasteiger partial charge is 0.191 e. The molecule has 26 heavy (non-hydrogen) atoms. The van der Waals surface area contributed by atoms with Crippen LogP contribution < -0.4 is 15.5 Å². The van der Waals surface area contributed by atoms with E-state index in [9.17, 15) is 0 Å². The average Bonchev–Trinajstić information content (AvgIpc) is 3.28. The average molecular weight is 491 g/mol. The Morgan fingerprint density at radius 3 is 2.69 bits per heavy atom. The van der Waals surface area contributed by atoms with Crippen LogP contribution in [0.25, 0.3) is 0 Å². The first-order chi connectivity index (χ1) is 12.2. The van der Waals surface area contributed by atoms with Gasteiger partial charge in [-0.3, -0.25) is 4.99 Å². The van der Waals surface area contributed by atoms with E-state index in [1.54, 1.807) is 11.3 Å². The number of halogens is 1. The molecule has 0 bridgehead atoms. The van der Waals surface area contributed by atoms with E-state index in [0.717, 1.165) is 31.4 Å². The summed E-state index contributed by atoms with van der Waals surface area (Å²) < 4.78 is 0. The third-order valence-electron chi connectivity index (χ3n) is 5.25. The van der Waals surface area contributed by atoms with Crippen LogP contribution in [0.4, 0.5) is 5.13 Å². The fraction of sp³-hybridized carbons (Fsp3) is 0.789. The van der Waals surface area contributed by atoms with Crippen LogP contribution in [0, 0.1) is 5.92 Å².